The summed E-state index contributed by atoms with van der Waals surface area (Å²) in [5, 5.41) is 7.91. The molecule has 0 saturated heterocycles. The first-order chi connectivity index (χ1) is 19.7. The smallest absolute Gasteiger partial charge is 0.305 e. The van der Waals surface area contributed by atoms with E-state index in [4.69, 9.17) is 4.74 Å². The number of unbranched alkanes of at least 4 members (excludes halogenated alkanes) is 1. The van der Waals surface area contributed by atoms with Crippen LogP contribution in [0.4, 0.5) is 11.4 Å². The zero-order chi connectivity index (χ0) is 29.5. The molecule has 0 aliphatic carbocycles. The summed E-state index contributed by atoms with van der Waals surface area (Å²) in [5.41, 5.74) is 3.25. The Labute approximate surface area is 240 Å². The summed E-state index contributed by atoms with van der Waals surface area (Å²) in [6.45, 7) is 4.01. The Balaban J connectivity index is 1.73. The van der Waals surface area contributed by atoms with Gasteiger partial charge in [-0.1, -0.05) is 48.5 Å². The molecule has 3 aromatic carbocycles. The van der Waals surface area contributed by atoms with E-state index in [9.17, 15) is 19.2 Å². The summed E-state index contributed by atoms with van der Waals surface area (Å²) < 4.78 is 4.70. The van der Waals surface area contributed by atoms with Crippen LogP contribution in [0.5, 0.6) is 0 Å². The van der Waals surface area contributed by atoms with Crippen LogP contribution in [0.3, 0.4) is 0 Å². The molecule has 3 aromatic rings. The Hall–Kier alpha value is -4.24. The number of rotatable bonds is 10. The highest BCUT2D eigenvalue weighted by atomic mass is 16.5. The molecule has 1 aliphatic rings. The van der Waals surface area contributed by atoms with Crippen molar-refractivity contribution in [2.24, 2.45) is 0 Å². The van der Waals surface area contributed by atoms with E-state index in [0.717, 1.165) is 21.9 Å². The zero-order valence-corrected chi connectivity index (χ0v) is 24.1. The lowest BCUT2D eigenvalue weighted by Crippen LogP contribution is -2.55. The number of methoxy groups -OCH3 is 1. The topological polar surface area (TPSA) is 108 Å². The van der Waals surface area contributed by atoms with Gasteiger partial charge in [0.15, 0.2) is 0 Å². The van der Waals surface area contributed by atoms with Crippen LogP contribution in [0.2, 0.25) is 0 Å². The number of amides is 3. The molecule has 2 N–H and O–H groups in total. The molecule has 41 heavy (non-hydrogen) atoms. The summed E-state index contributed by atoms with van der Waals surface area (Å²) in [4.78, 5) is 55.6. The van der Waals surface area contributed by atoms with Crippen molar-refractivity contribution in [3.05, 3.63) is 71.8 Å². The minimum absolute atomic E-state index is 0.00112. The molecule has 2 atom stereocenters. The fraction of sp³-hybridized carbons (Fsp3) is 0.375. The summed E-state index contributed by atoms with van der Waals surface area (Å²) in [6.07, 6.45) is 1.43. The molecule has 9 heteroatoms. The molecule has 0 radical (unpaired) electrons. The number of benzene rings is 3. The van der Waals surface area contributed by atoms with Crippen LogP contribution in [-0.4, -0.2) is 56.5 Å². The third-order valence-corrected chi connectivity index (χ3v) is 7.68. The molecular weight excluding hydrogens is 520 g/mol. The molecule has 2 unspecified atom stereocenters. The summed E-state index contributed by atoms with van der Waals surface area (Å²) in [5.74, 6) is -1.12. The molecule has 0 saturated carbocycles. The molecule has 0 aromatic heterocycles. The highest BCUT2D eigenvalue weighted by molar-refractivity contribution is 6.08. The van der Waals surface area contributed by atoms with E-state index in [1.807, 2.05) is 61.5 Å². The lowest BCUT2D eigenvalue weighted by Gasteiger charge is -2.27. The average Bonchev–Trinajstić information content (AvgIpc) is 3.10. The second kappa shape index (κ2) is 13.4. The summed E-state index contributed by atoms with van der Waals surface area (Å²) in [7, 11) is 3.02. The van der Waals surface area contributed by atoms with Gasteiger partial charge in [0.25, 0.3) is 5.91 Å². The van der Waals surface area contributed by atoms with Crippen molar-refractivity contribution in [2.45, 2.75) is 58.2 Å². The monoisotopic (exact) mass is 558 g/mol. The fourth-order valence-electron chi connectivity index (χ4n) is 5.12. The molecule has 1 heterocycles. The normalized spacial score (nSPS) is 15.7. The summed E-state index contributed by atoms with van der Waals surface area (Å²) >= 11 is 0. The van der Waals surface area contributed by atoms with Gasteiger partial charge in [0.1, 0.15) is 6.04 Å². The number of likely N-dealkylation sites (N-methyl/N-ethyl adjacent to an activating group) is 1. The molecule has 0 spiro atoms. The van der Waals surface area contributed by atoms with E-state index < -0.39 is 12.1 Å². The van der Waals surface area contributed by atoms with Gasteiger partial charge in [-0.2, -0.15) is 0 Å². The Morgan fingerprint density at radius 1 is 0.976 bits per heavy atom. The van der Waals surface area contributed by atoms with Crippen LogP contribution in [0.1, 0.15) is 43.7 Å². The highest BCUT2D eigenvalue weighted by Crippen LogP contribution is 2.36. The molecule has 9 nitrogen and oxygen atoms in total. The third kappa shape index (κ3) is 6.74. The SMILES string of the molecule is CNC(C)C(=O)NC1CN(C(=O)CCCCC(=O)OC)c2ccccc2N(Cc2c(C)ccc3ccccc23)C1=O. The zero-order valence-electron chi connectivity index (χ0n) is 24.1. The number of nitrogens with one attached hydrogen (secondary N) is 2. The van der Waals surface area contributed by atoms with Crippen LogP contribution in [0.25, 0.3) is 10.8 Å². The Kier molecular flexibility index (Phi) is 9.73. The number of esters is 1. The van der Waals surface area contributed by atoms with E-state index in [-0.39, 0.29) is 49.6 Å². The highest BCUT2D eigenvalue weighted by Gasteiger charge is 2.37. The number of aryl methyl sites for hydroxylation is 1. The number of hydrogen-bond donors (Lipinski definition) is 2. The maximum atomic E-state index is 14.2. The Morgan fingerprint density at radius 3 is 2.39 bits per heavy atom. The van der Waals surface area contributed by atoms with Gasteiger partial charge in [0.2, 0.25) is 11.8 Å². The van der Waals surface area contributed by atoms with Crippen molar-refractivity contribution in [3.8, 4) is 0 Å². The van der Waals surface area contributed by atoms with Gasteiger partial charge in [-0.3, -0.25) is 19.2 Å². The van der Waals surface area contributed by atoms with Crippen molar-refractivity contribution >= 4 is 45.8 Å². The number of carbonyl (C=O) groups is 4. The molecule has 1 aliphatic heterocycles. The van der Waals surface area contributed by atoms with Gasteiger partial charge in [0, 0.05) is 12.8 Å². The number of ether oxygens (including phenoxy) is 1. The average molecular weight is 559 g/mol. The fourth-order valence-corrected chi connectivity index (χ4v) is 5.12. The first-order valence-electron chi connectivity index (χ1n) is 14.0. The van der Waals surface area contributed by atoms with Crippen LogP contribution in [0.15, 0.2) is 60.7 Å². The predicted molar refractivity (Wildman–Crippen MR) is 160 cm³/mol. The van der Waals surface area contributed by atoms with E-state index in [0.29, 0.717) is 24.2 Å². The van der Waals surface area contributed by atoms with Gasteiger partial charge in [-0.25, -0.2) is 0 Å². The molecular formula is C32H38N4O5. The minimum Gasteiger partial charge on any atom is -0.469 e. The third-order valence-electron chi connectivity index (χ3n) is 7.68. The van der Waals surface area contributed by atoms with E-state index in [1.54, 1.807) is 23.8 Å². The van der Waals surface area contributed by atoms with Crippen molar-refractivity contribution in [2.75, 3.05) is 30.5 Å². The number of anilines is 2. The molecule has 216 valence electrons. The number of fused-ring (bicyclic) bond motifs is 2. The number of para-hydroxylation sites is 2. The summed E-state index contributed by atoms with van der Waals surface area (Å²) in [6, 6.07) is 18.0. The minimum atomic E-state index is -0.958. The van der Waals surface area contributed by atoms with Gasteiger partial charge in [0.05, 0.1) is 37.6 Å². The Morgan fingerprint density at radius 2 is 1.66 bits per heavy atom. The van der Waals surface area contributed by atoms with Crippen LogP contribution < -0.4 is 20.4 Å². The molecule has 3 amide bonds. The number of hydrogen-bond acceptors (Lipinski definition) is 6. The quantitative estimate of drug-likeness (QED) is 0.289. The van der Waals surface area contributed by atoms with E-state index in [2.05, 4.69) is 16.7 Å². The van der Waals surface area contributed by atoms with Gasteiger partial charge in [-0.15, -0.1) is 0 Å². The van der Waals surface area contributed by atoms with Crippen molar-refractivity contribution in [1.82, 2.24) is 10.6 Å². The maximum Gasteiger partial charge on any atom is 0.305 e. The maximum absolute atomic E-state index is 14.2. The van der Waals surface area contributed by atoms with Gasteiger partial charge in [-0.05, 0) is 67.8 Å². The predicted octanol–water partition coefficient (Wildman–Crippen LogP) is 3.85. The van der Waals surface area contributed by atoms with E-state index >= 15 is 0 Å². The lowest BCUT2D eigenvalue weighted by atomic mass is 9.99. The largest absolute Gasteiger partial charge is 0.469 e. The Bertz CT molecular complexity index is 1440. The lowest BCUT2D eigenvalue weighted by molar-refractivity contribution is -0.140. The van der Waals surface area contributed by atoms with Crippen LogP contribution >= 0.6 is 0 Å². The first-order valence-corrected chi connectivity index (χ1v) is 14.0. The second-order valence-corrected chi connectivity index (χ2v) is 10.4. The molecule has 0 fully saturated rings. The van der Waals surface area contributed by atoms with E-state index in [1.165, 1.54) is 7.11 Å². The number of carbonyl (C=O) groups excluding carboxylic acids is 4. The van der Waals surface area contributed by atoms with Crippen LogP contribution in [-0.2, 0) is 30.5 Å². The standard InChI is InChI=1S/C32H38N4O5/c1-21-17-18-23-11-5-6-12-24(23)25(21)19-36-28-14-8-7-13-27(28)35(29(37)15-9-10-16-30(38)41-4)20-26(32(36)40)34-31(39)22(2)33-3/h5-8,11-14,17-18,22,26,33H,9-10,15-16,19-20H2,1-4H3,(H,34,39). The van der Waals surface area contributed by atoms with Crippen molar-refractivity contribution < 1.29 is 23.9 Å². The first kappa shape index (κ1) is 29.7. The van der Waals surface area contributed by atoms with Crippen LogP contribution in [0, 0.1) is 6.92 Å². The molecule has 4 rings (SSSR count). The second-order valence-electron chi connectivity index (χ2n) is 10.4. The van der Waals surface area contributed by atoms with Gasteiger partial charge < -0.3 is 25.2 Å². The van der Waals surface area contributed by atoms with Crippen molar-refractivity contribution in [3.63, 3.8) is 0 Å². The van der Waals surface area contributed by atoms with Crippen molar-refractivity contribution in [1.29, 1.82) is 0 Å². The number of nitrogens with zero attached hydrogens (tertiary/aromatic N) is 2. The molecule has 0 bridgehead atoms. The van der Waals surface area contributed by atoms with Gasteiger partial charge >= 0.3 is 5.97 Å².